The van der Waals surface area contributed by atoms with Crippen molar-refractivity contribution in [3.63, 3.8) is 0 Å². The molecule has 1 unspecified atom stereocenters. The van der Waals surface area contributed by atoms with Gasteiger partial charge in [0.25, 0.3) is 0 Å². The quantitative estimate of drug-likeness (QED) is 0.360. The molecule has 1 atom stereocenters. The van der Waals surface area contributed by atoms with E-state index in [0.717, 1.165) is 51.1 Å². The Labute approximate surface area is 174 Å². The summed E-state index contributed by atoms with van der Waals surface area (Å²) in [7, 11) is 3.51. The number of rotatable bonds is 7. The second-order valence-corrected chi connectivity index (χ2v) is 6.67. The average Bonchev–Trinajstić information content (AvgIpc) is 2.65. The standard InChI is InChI=1S/C19H32N4O2.HI/c1-15(2)13-21-19(20-3)22-14-18(23-9-11-25-12-10-23)16-5-7-17(24-4)8-6-16;/h5-8,15,18H,9-14H2,1-4H3,(H2,20,21,22);1H. The maximum Gasteiger partial charge on any atom is 0.191 e. The van der Waals surface area contributed by atoms with E-state index in [9.17, 15) is 0 Å². The molecule has 26 heavy (non-hydrogen) atoms. The lowest BCUT2D eigenvalue weighted by molar-refractivity contribution is 0.0170. The molecular weight excluding hydrogens is 443 g/mol. The smallest absolute Gasteiger partial charge is 0.191 e. The van der Waals surface area contributed by atoms with Gasteiger partial charge in [-0.3, -0.25) is 9.89 Å². The van der Waals surface area contributed by atoms with Crippen LogP contribution < -0.4 is 15.4 Å². The number of guanidine groups is 1. The third-order valence-electron chi connectivity index (χ3n) is 4.35. The molecule has 1 saturated heterocycles. The van der Waals surface area contributed by atoms with Gasteiger partial charge in [0.2, 0.25) is 0 Å². The van der Waals surface area contributed by atoms with Crippen LogP contribution in [0.4, 0.5) is 0 Å². The van der Waals surface area contributed by atoms with Crippen molar-refractivity contribution in [2.45, 2.75) is 19.9 Å². The summed E-state index contributed by atoms with van der Waals surface area (Å²) < 4.78 is 10.8. The second kappa shape index (κ2) is 12.3. The average molecular weight is 476 g/mol. The van der Waals surface area contributed by atoms with E-state index < -0.39 is 0 Å². The maximum absolute atomic E-state index is 5.52. The van der Waals surface area contributed by atoms with Crippen molar-refractivity contribution in [1.82, 2.24) is 15.5 Å². The molecule has 0 saturated carbocycles. The largest absolute Gasteiger partial charge is 0.497 e. The Morgan fingerprint density at radius 1 is 1.15 bits per heavy atom. The number of aliphatic imine (C=N–C) groups is 1. The lowest BCUT2D eigenvalue weighted by Crippen LogP contribution is -2.46. The summed E-state index contributed by atoms with van der Waals surface area (Å²) in [6, 6.07) is 8.60. The van der Waals surface area contributed by atoms with Gasteiger partial charge in [-0.15, -0.1) is 24.0 Å². The molecule has 1 heterocycles. The number of morpholine rings is 1. The van der Waals surface area contributed by atoms with Gasteiger partial charge in [0.15, 0.2) is 5.96 Å². The molecule has 7 heteroatoms. The van der Waals surface area contributed by atoms with Crippen LogP contribution in [0.2, 0.25) is 0 Å². The van der Waals surface area contributed by atoms with E-state index in [4.69, 9.17) is 9.47 Å². The Bertz CT molecular complexity index is 531. The van der Waals surface area contributed by atoms with Crippen LogP contribution in [-0.2, 0) is 4.74 Å². The predicted octanol–water partition coefficient (Wildman–Crippen LogP) is 2.51. The summed E-state index contributed by atoms with van der Waals surface area (Å²) in [6.07, 6.45) is 0. The van der Waals surface area contributed by atoms with Gasteiger partial charge in [0, 0.05) is 33.2 Å². The SMILES string of the molecule is CN=C(NCC(C)C)NCC(c1ccc(OC)cc1)N1CCOCC1.I. The molecule has 0 radical (unpaired) electrons. The Hall–Kier alpha value is -1.06. The number of hydrogen-bond acceptors (Lipinski definition) is 4. The minimum absolute atomic E-state index is 0. The molecule has 148 valence electrons. The van der Waals surface area contributed by atoms with Gasteiger partial charge in [0.1, 0.15) is 5.75 Å². The zero-order valence-electron chi connectivity index (χ0n) is 16.3. The van der Waals surface area contributed by atoms with Crippen LogP contribution >= 0.6 is 24.0 Å². The zero-order chi connectivity index (χ0) is 18.1. The topological polar surface area (TPSA) is 58.1 Å². The monoisotopic (exact) mass is 476 g/mol. The summed E-state index contributed by atoms with van der Waals surface area (Å²) >= 11 is 0. The van der Waals surface area contributed by atoms with Crippen LogP contribution in [0.15, 0.2) is 29.3 Å². The molecular formula is C19H33IN4O2. The normalized spacial score (nSPS) is 16.7. The van der Waals surface area contributed by atoms with E-state index in [1.54, 1.807) is 7.11 Å². The molecule has 1 fully saturated rings. The van der Waals surface area contributed by atoms with Crippen LogP contribution in [0, 0.1) is 5.92 Å². The highest BCUT2D eigenvalue weighted by molar-refractivity contribution is 14.0. The lowest BCUT2D eigenvalue weighted by atomic mass is 10.0. The first-order valence-corrected chi connectivity index (χ1v) is 9.04. The molecule has 1 aliphatic heterocycles. The molecule has 0 bridgehead atoms. The van der Waals surface area contributed by atoms with Crippen LogP contribution in [0.25, 0.3) is 0 Å². The molecule has 1 aromatic carbocycles. The number of ether oxygens (including phenoxy) is 2. The number of halogens is 1. The molecule has 0 aliphatic carbocycles. The Morgan fingerprint density at radius 2 is 1.77 bits per heavy atom. The number of benzene rings is 1. The van der Waals surface area contributed by atoms with Crippen molar-refractivity contribution in [3.8, 4) is 5.75 Å². The fourth-order valence-corrected chi connectivity index (χ4v) is 2.89. The van der Waals surface area contributed by atoms with Crippen molar-refractivity contribution in [1.29, 1.82) is 0 Å². The highest BCUT2D eigenvalue weighted by Gasteiger charge is 2.23. The Balaban J connectivity index is 0.00000338. The highest BCUT2D eigenvalue weighted by Crippen LogP contribution is 2.23. The molecule has 2 rings (SSSR count). The van der Waals surface area contributed by atoms with E-state index >= 15 is 0 Å². The molecule has 6 nitrogen and oxygen atoms in total. The molecule has 0 amide bonds. The summed E-state index contributed by atoms with van der Waals surface area (Å²) in [5, 5.41) is 6.85. The van der Waals surface area contributed by atoms with Gasteiger partial charge in [-0.25, -0.2) is 0 Å². The van der Waals surface area contributed by atoms with Gasteiger partial charge < -0.3 is 20.1 Å². The number of nitrogens with zero attached hydrogens (tertiary/aromatic N) is 2. The van der Waals surface area contributed by atoms with Gasteiger partial charge >= 0.3 is 0 Å². The minimum Gasteiger partial charge on any atom is -0.497 e. The summed E-state index contributed by atoms with van der Waals surface area (Å²) in [5.41, 5.74) is 1.27. The lowest BCUT2D eigenvalue weighted by Gasteiger charge is -2.35. The van der Waals surface area contributed by atoms with Crippen molar-refractivity contribution in [2.75, 3.05) is 53.6 Å². The zero-order valence-corrected chi connectivity index (χ0v) is 18.7. The predicted molar refractivity (Wildman–Crippen MR) is 118 cm³/mol. The summed E-state index contributed by atoms with van der Waals surface area (Å²) in [4.78, 5) is 6.80. The van der Waals surface area contributed by atoms with Crippen LogP contribution in [0.5, 0.6) is 5.75 Å². The number of nitrogens with one attached hydrogen (secondary N) is 2. The number of methoxy groups -OCH3 is 1. The number of hydrogen-bond donors (Lipinski definition) is 2. The van der Waals surface area contributed by atoms with E-state index in [0.29, 0.717) is 5.92 Å². The van der Waals surface area contributed by atoms with Gasteiger partial charge in [-0.2, -0.15) is 0 Å². The highest BCUT2D eigenvalue weighted by atomic mass is 127. The van der Waals surface area contributed by atoms with E-state index in [1.807, 2.05) is 19.2 Å². The van der Waals surface area contributed by atoms with Crippen LogP contribution in [-0.4, -0.2) is 64.4 Å². The molecule has 0 spiro atoms. The van der Waals surface area contributed by atoms with Crippen molar-refractivity contribution >= 4 is 29.9 Å². The van der Waals surface area contributed by atoms with Crippen LogP contribution in [0.1, 0.15) is 25.5 Å². The first-order valence-electron chi connectivity index (χ1n) is 9.04. The molecule has 1 aliphatic rings. The molecule has 1 aromatic rings. The minimum atomic E-state index is 0. The first kappa shape index (κ1) is 23.0. The van der Waals surface area contributed by atoms with E-state index in [1.165, 1.54) is 5.56 Å². The van der Waals surface area contributed by atoms with E-state index in [2.05, 4.69) is 46.5 Å². The third-order valence-corrected chi connectivity index (χ3v) is 4.35. The third kappa shape index (κ3) is 7.28. The summed E-state index contributed by atoms with van der Waals surface area (Å²) in [6.45, 7) is 9.53. The Kier molecular flexibility index (Phi) is 10.9. The Morgan fingerprint density at radius 3 is 2.31 bits per heavy atom. The molecule has 0 aromatic heterocycles. The second-order valence-electron chi connectivity index (χ2n) is 6.67. The summed E-state index contributed by atoms with van der Waals surface area (Å²) in [5.74, 6) is 2.31. The van der Waals surface area contributed by atoms with Crippen molar-refractivity contribution in [2.24, 2.45) is 10.9 Å². The van der Waals surface area contributed by atoms with Crippen LogP contribution in [0.3, 0.4) is 0 Å². The first-order chi connectivity index (χ1) is 12.1. The fourth-order valence-electron chi connectivity index (χ4n) is 2.89. The van der Waals surface area contributed by atoms with Gasteiger partial charge in [-0.1, -0.05) is 26.0 Å². The van der Waals surface area contributed by atoms with Gasteiger partial charge in [-0.05, 0) is 23.6 Å². The maximum atomic E-state index is 5.52. The van der Waals surface area contributed by atoms with Crippen molar-refractivity contribution < 1.29 is 9.47 Å². The fraction of sp³-hybridized carbons (Fsp3) is 0.632. The van der Waals surface area contributed by atoms with Crippen molar-refractivity contribution in [3.05, 3.63) is 29.8 Å². The molecule has 2 N–H and O–H groups in total. The van der Waals surface area contributed by atoms with E-state index in [-0.39, 0.29) is 30.0 Å². The van der Waals surface area contributed by atoms with Gasteiger partial charge in [0.05, 0.1) is 26.4 Å².